The number of ether oxygens (including phenoxy) is 3. The van der Waals surface area contributed by atoms with Crippen LogP contribution in [0.25, 0.3) is 10.4 Å². The molecule has 1 aliphatic rings. The summed E-state index contributed by atoms with van der Waals surface area (Å²) in [6.07, 6.45) is -1.24. The summed E-state index contributed by atoms with van der Waals surface area (Å²) in [6, 6.07) is 17.5. The maximum atomic E-state index is 12.6. The van der Waals surface area contributed by atoms with Crippen LogP contribution in [0.2, 0.25) is 5.04 Å². The third kappa shape index (κ3) is 7.35. The highest BCUT2D eigenvalue weighted by atomic mass is 28.4. The smallest absolute Gasteiger partial charge is 0.407 e. The molecule has 2 aromatic carbocycles. The minimum absolute atomic E-state index is 0.0447. The van der Waals surface area contributed by atoms with Crippen LogP contribution in [0.15, 0.2) is 78.4 Å². The van der Waals surface area contributed by atoms with Crippen LogP contribution in [0.1, 0.15) is 34.6 Å². The Labute approximate surface area is 241 Å². The fourth-order valence-corrected chi connectivity index (χ4v) is 9.85. The molecule has 0 bridgehead atoms. The third-order valence-electron chi connectivity index (χ3n) is 6.88. The van der Waals surface area contributed by atoms with Gasteiger partial charge in [-0.2, -0.15) is 0 Å². The highest BCUT2D eigenvalue weighted by molar-refractivity contribution is 6.99. The number of amides is 2. The summed E-state index contributed by atoms with van der Waals surface area (Å²) in [4.78, 5) is 27.8. The van der Waals surface area contributed by atoms with E-state index in [1.807, 2.05) is 36.4 Å². The molecule has 2 amide bonds. The summed E-state index contributed by atoms with van der Waals surface area (Å²) < 4.78 is 24.6. The number of hydrogen-bond donors (Lipinski definition) is 2. The van der Waals surface area contributed by atoms with E-state index >= 15 is 0 Å². The van der Waals surface area contributed by atoms with Gasteiger partial charge in [0.2, 0.25) is 5.91 Å². The molecule has 220 valence electrons. The largest absolute Gasteiger partial charge is 0.445 e. The lowest BCUT2D eigenvalue weighted by atomic mass is 9.98. The monoisotopic (exact) mass is 581 g/mol. The van der Waals surface area contributed by atoms with Gasteiger partial charge in [-0.25, -0.2) is 4.79 Å². The zero-order valence-corrected chi connectivity index (χ0v) is 25.2. The van der Waals surface area contributed by atoms with E-state index in [9.17, 15) is 15.1 Å². The molecule has 41 heavy (non-hydrogen) atoms. The minimum atomic E-state index is -2.97. The van der Waals surface area contributed by atoms with Crippen LogP contribution in [0, 0.1) is 0 Å². The van der Waals surface area contributed by atoms with Gasteiger partial charge in [0.05, 0.1) is 12.6 Å². The molecule has 0 unspecified atom stereocenters. The van der Waals surface area contributed by atoms with Crippen molar-refractivity contribution in [3.8, 4) is 0 Å². The van der Waals surface area contributed by atoms with Crippen molar-refractivity contribution in [1.82, 2.24) is 5.32 Å². The number of alkyl carbamates (subject to hydrolysis) is 1. The van der Waals surface area contributed by atoms with Crippen LogP contribution in [-0.4, -0.2) is 63.6 Å². The number of benzene rings is 2. The van der Waals surface area contributed by atoms with E-state index in [0.29, 0.717) is 0 Å². The first kappa shape index (κ1) is 31.8. The first-order valence-corrected chi connectivity index (χ1v) is 15.3. The fourth-order valence-electron chi connectivity index (χ4n) is 5.28. The molecule has 12 heteroatoms. The van der Waals surface area contributed by atoms with Gasteiger partial charge in [-0.15, -0.1) is 0 Å². The van der Waals surface area contributed by atoms with Crippen LogP contribution in [-0.2, 0) is 23.4 Å². The maximum absolute atomic E-state index is 12.6. The summed E-state index contributed by atoms with van der Waals surface area (Å²) in [7, 11) is -2.97. The average molecular weight is 582 g/mol. The van der Waals surface area contributed by atoms with Gasteiger partial charge in [0.15, 0.2) is 5.79 Å². The predicted molar refractivity (Wildman–Crippen MR) is 158 cm³/mol. The number of nitrogens with two attached hydrogens (primary N) is 1. The molecule has 1 aliphatic heterocycles. The second kappa shape index (κ2) is 13.3. The Hall–Kier alpha value is -3.67. The number of nitrogens with one attached hydrogen (secondary N) is 1. The number of carbonyl (C=O) groups excluding carboxylic acids is 2. The van der Waals surface area contributed by atoms with Gasteiger partial charge in [-0.05, 0) is 34.8 Å². The van der Waals surface area contributed by atoms with Crippen molar-refractivity contribution in [2.24, 2.45) is 10.8 Å². The van der Waals surface area contributed by atoms with Crippen molar-refractivity contribution in [2.45, 2.75) is 69.7 Å². The minimum Gasteiger partial charge on any atom is -0.445 e. The van der Waals surface area contributed by atoms with Crippen molar-refractivity contribution >= 4 is 30.7 Å². The Bertz CT molecular complexity index is 1210. The molecule has 2 aromatic rings. The molecule has 1 heterocycles. The first-order valence-electron chi connectivity index (χ1n) is 13.3. The Kier molecular flexibility index (Phi) is 10.4. The second-order valence-corrected chi connectivity index (χ2v) is 15.5. The summed E-state index contributed by atoms with van der Waals surface area (Å²) in [6.45, 7) is 13.4. The van der Waals surface area contributed by atoms with Crippen LogP contribution >= 0.6 is 0 Å². The number of carbonyl (C=O) groups is 2. The summed E-state index contributed by atoms with van der Waals surface area (Å²) in [5.41, 5.74) is 14.8. The summed E-state index contributed by atoms with van der Waals surface area (Å²) >= 11 is 0. The number of rotatable bonds is 12. The molecular weight excluding hydrogens is 542 g/mol. The zero-order chi connectivity index (χ0) is 30.3. The Morgan fingerprint density at radius 2 is 1.71 bits per heavy atom. The second-order valence-electron chi connectivity index (χ2n) is 11.2. The molecule has 0 spiro atoms. The standard InChI is InChI=1S/C29H39N5O6Si/c1-7-18-37-27(36)32-23(24(26(30)35)33-34-31)25-22(39-29(5,6)40-25)19-38-41(28(2,3)4,20-14-10-8-11-15-20)21-16-12-9-13-17-21/h7-17,22-25H,1,18-19H2,2-6H3,(H2,30,35)(H,32,36)/t22-,23-,24+,25-/m1/s1. The van der Waals surface area contributed by atoms with Gasteiger partial charge in [0.25, 0.3) is 8.32 Å². The van der Waals surface area contributed by atoms with Crippen molar-refractivity contribution in [3.05, 3.63) is 83.8 Å². The molecule has 1 saturated heterocycles. The molecule has 0 aromatic heterocycles. The van der Waals surface area contributed by atoms with Gasteiger partial charge < -0.3 is 29.7 Å². The highest BCUT2D eigenvalue weighted by Crippen LogP contribution is 2.38. The predicted octanol–water partition coefficient (Wildman–Crippen LogP) is 3.53. The third-order valence-corrected chi connectivity index (χ3v) is 11.9. The molecule has 11 nitrogen and oxygen atoms in total. The van der Waals surface area contributed by atoms with Crippen molar-refractivity contribution in [3.63, 3.8) is 0 Å². The lowest BCUT2D eigenvalue weighted by molar-refractivity contribution is -0.151. The van der Waals surface area contributed by atoms with E-state index in [1.54, 1.807) is 13.8 Å². The topological polar surface area (TPSA) is 158 Å². The number of nitrogens with zero attached hydrogens (tertiary/aromatic N) is 3. The Morgan fingerprint density at radius 1 is 1.15 bits per heavy atom. The van der Waals surface area contributed by atoms with Crippen LogP contribution in [0.5, 0.6) is 0 Å². The fraction of sp³-hybridized carbons (Fsp3) is 0.448. The molecular formula is C29H39N5O6Si. The van der Waals surface area contributed by atoms with E-state index in [-0.39, 0.29) is 18.3 Å². The summed E-state index contributed by atoms with van der Waals surface area (Å²) in [5.74, 6) is -2.06. The summed E-state index contributed by atoms with van der Waals surface area (Å²) in [5, 5.41) is 8.00. The Morgan fingerprint density at radius 3 is 2.17 bits per heavy atom. The van der Waals surface area contributed by atoms with Crippen molar-refractivity contribution in [1.29, 1.82) is 0 Å². The van der Waals surface area contributed by atoms with E-state index in [2.05, 4.69) is 67.0 Å². The Balaban J connectivity index is 2.07. The zero-order valence-electron chi connectivity index (χ0n) is 24.2. The first-order chi connectivity index (χ1) is 19.4. The van der Waals surface area contributed by atoms with Gasteiger partial charge in [-0.3, -0.25) is 4.79 Å². The number of azide groups is 1. The molecule has 1 fully saturated rings. The molecule has 0 radical (unpaired) electrons. The van der Waals surface area contributed by atoms with Gasteiger partial charge in [-0.1, -0.05) is 99.2 Å². The highest BCUT2D eigenvalue weighted by Gasteiger charge is 2.54. The lowest BCUT2D eigenvalue weighted by Crippen LogP contribution is -2.67. The average Bonchev–Trinajstić information content (AvgIpc) is 3.24. The van der Waals surface area contributed by atoms with Crippen LogP contribution in [0.4, 0.5) is 4.79 Å². The number of primary amides is 1. The van der Waals surface area contributed by atoms with Crippen molar-refractivity contribution in [2.75, 3.05) is 13.2 Å². The normalized spacial score (nSPS) is 19.8. The van der Waals surface area contributed by atoms with E-state index < -0.39 is 50.4 Å². The van der Waals surface area contributed by atoms with Gasteiger partial charge >= 0.3 is 6.09 Å². The van der Waals surface area contributed by atoms with Crippen LogP contribution in [0.3, 0.4) is 0 Å². The molecule has 4 atom stereocenters. The van der Waals surface area contributed by atoms with E-state index in [1.165, 1.54) is 6.08 Å². The molecule has 0 saturated carbocycles. The van der Waals surface area contributed by atoms with Gasteiger partial charge in [0.1, 0.15) is 24.9 Å². The SMILES string of the molecule is C=CCOC(=O)N[C@@H]([C@@H]1OC(C)(C)O[C@@H]1CO[Si](c1ccccc1)(c1ccccc1)C(C)(C)C)[C@H](N=[N+]=[N-])C(N)=O. The van der Waals surface area contributed by atoms with E-state index in [0.717, 1.165) is 10.4 Å². The van der Waals surface area contributed by atoms with Crippen molar-refractivity contribution < 1.29 is 28.2 Å². The maximum Gasteiger partial charge on any atom is 0.407 e. The molecule has 3 rings (SSSR count). The molecule has 3 N–H and O–H groups in total. The lowest BCUT2D eigenvalue weighted by Gasteiger charge is -2.43. The quantitative estimate of drug-likeness (QED) is 0.128. The van der Waals surface area contributed by atoms with E-state index in [4.69, 9.17) is 24.4 Å². The van der Waals surface area contributed by atoms with Crippen LogP contribution < -0.4 is 21.4 Å². The molecule has 0 aliphatic carbocycles. The number of hydrogen-bond acceptors (Lipinski definition) is 7. The van der Waals surface area contributed by atoms with Gasteiger partial charge in [0, 0.05) is 4.91 Å².